The van der Waals surface area contributed by atoms with Gasteiger partial charge in [0.2, 0.25) is 0 Å². The summed E-state index contributed by atoms with van der Waals surface area (Å²) in [6.45, 7) is 3.11. The fourth-order valence-corrected chi connectivity index (χ4v) is 3.54. The number of nitrogens with zero attached hydrogens (tertiary/aromatic N) is 1. The Balaban J connectivity index is 1.42. The predicted octanol–water partition coefficient (Wildman–Crippen LogP) is 4.21. The summed E-state index contributed by atoms with van der Waals surface area (Å²) in [5, 5.41) is 11.1. The van der Waals surface area contributed by atoms with Crippen LogP contribution in [0.4, 0.5) is 0 Å². The molecule has 24 heavy (non-hydrogen) atoms. The molecular weight excluding hydrogens is 296 g/mol. The van der Waals surface area contributed by atoms with Crippen LogP contribution in [0.3, 0.4) is 0 Å². The van der Waals surface area contributed by atoms with Crippen molar-refractivity contribution in [1.29, 1.82) is 0 Å². The van der Waals surface area contributed by atoms with E-state index in [0.717, 1.165) is 38.0 Å². The number of fused-ring (bicyclic) bond motifs is 1. The van der Waals surface area contributed by atoms with Crippen LogP contribution in [0.2, 0.25) is 0 Å². The number of hydrogen-bond acceptors (Lipinski definition) is 2. The topological polar surface area (TPSA) is 39.3 Å². The molecule has 0 unspecified atom stereocenters. The lowest BCUT2D eigenvalue weighted by Crippen LogP contribution is -2.30. The molecule has 3 heteroatoms. The van der Waals surface area contributed by atoms with E-state index in [-0.39, 0.29) is 0 Å². The third kappa shape index (κ3) is 3.08. The molecule has 3 nitrogen and oxygen atoms in total. The molecule has 3 aromatic rings. The minimum atomic E-state index is 0.338. The first-order chi connectivity index (χ1) is 11.8. The van der Waals surface area contributed by atoms with Crippen LogP contribution in [0.25, 0.3) is 16.5 Å². The lowest BCUT2D eigenvalue weighted by Gasteiger charge is -2.26. The summed E-state index contributed by atoms with van der Waals surface area (Å²) in [7, 11) is 0. The van der Waals surface area contributed by atoms with Crippen LogP contribution >= 0.6 is 0 Å². The average molecular weight is 318 g/mol. The van der Waals surface area contributed by atoms with E-state index in [0.29, 0.717) is 5.75 Å². The van der Waals surface area contributed by atoms with Gasteiger partial charge in [0.25, 0.3) is 0 Å². The highest BCUT2D eigenvalue weighted by molar-refractivity contribution is 5.84. The van der Waals surface area contributed by atoms with E-state index in [2.05, 4.69) is 52.4 Å². The smallest absolute Gasteiger partial charge is 0.117 e. The lowest BCUT2D eigenvalue weighted by atomic mass is 9.99. The molecule has 0 spiro atoms. The SMILES string of the molecule is Oc1cc(CCN2CC=C(c3ccccc3)CC2)c2cc[nH]c2c1. The van der Waals surface area contributed by atoms with Gasteiger partial charge in [-0.05, 0) is 41.7 Å². The molecular formula is C21H22N2O. The van der Waals surface area contributed by atoms with Crippen LogP contribution in [0.5, 0.6) is 5.75 Å². The van der Waals surface area contributed by atoms with Gasteiger partial charge in [0, 0.05) is 42.8 Å². The standard InChI is InChI=1S/C21H22N2O/c24-19-14-18(20-6-10-22-21(20)15-19)9-13-23-11-7-17(8-12-23)16-4-2-1-3-5-16/h1-7,10,14-15,22,24H,8-9,11-13H2. The number of nitrogens with one attached hydrogen (secondary N) is 1. The number of H-pyrrole nitrogens is 1. The van der Waals surface area contributed by atoms with E-state index >= 15 is 0 Å². The molecule has 0 radical (unpaired) electrons. The van der Waals surface area contributed by atoms with E-state index in [1.54, 1.807) is 6.07 Å². The largest absolute Gasteiger partial charge is 0.508 e. The Morgan fingerprint density at radius 1 is 1.08 bits per heavy atom. The highest BCUT2D eigenvalue weighted by atomic mass is 16.3. The number of aromatic hydroxyl groups is 1. The predicted molar refractivity (Wildman–Crippen MR) is 99.1 cm³/mol. The number of hydrogen-bond donors (Lipinski definition) is 2. The molecule has 122 valence electrons. The zero-order valence-corrected chi connectivity index (χ0v) is 13.7. The minimum absolute atomic E-state index is 0.338. The van der Waals surface area contributed by atoms with Gasteiger partial charge in [-0.3, -0.25) is 4.90 Å². The number of aromatic amines is 1. The Kier molecular flexibility index (Phi) is 4.09. The maximum Gasteiger partial charge on any atom is 0.117 e. The molecule has 0 saturated carbocycles. The number of phenols is 1. The summed E-state index contributed by atoms with van der Waals surface area (Å²) in [5.74, 6) is 0.338. The van der Waals surface area contributed by atoms with Crippen molar-refractivity contribution in [2.45, 2.75) is 12.8 Å². The molecule has 1 aliphatic rings. The molecule has 2 heterocycles. The summed E-state index contributed by atoms with van der Waals surface area (Å²) >= 11 is 0. The first-order valence-electron chi connectivity index (χ1n) is 8.55. The summed E-state index contributed by atoms with van der Waals surface area (Å²) in [6.07, 6.45) is 6.34. The van der Waals surface area contributed by atoms with Gasteiger partial charge in [-0.1, -0.05) is 36.4 Å². The summed E-state index contributed by atoms with van der Waals surface area (Å²) < 4.78 is 0. The van der Waals surface area contributed by atoms with Crippen molar-refractivity contribution in [2.24, 2.45) is 0 Å². The molecule has 1 aromatic heterocycles. The quantitative estimate of drug-likeness (QED) is 0.756. The van der Waals surface area contributed by atoms with Crippen molar-refractivity contribution >= 4 is 16.5 Å². The molecule has 0 bridgehead atoms. The maximum atomic E-state index is 9.88. The van der Waals surface area contributed by atoms with Crippen LogP contribution in [0.1, 0.15) is 17.5 Å². The van der Waals surface area contributed by atoms with Crippen molar-refractivity contribution in [3.8, 4) is 5.75 Å². The second kappa shape index (κ2) is 6.54. The van der Waals surface area contributed by atoms with Crippen molar-refractivity contribution < 1.29 is 5.11 Å². The van der Waals surface area contributed by atoms with E-state index in [9.17, 15) is 5.11 Å². The fraction of sp³-hybridized carbons (Fsp3) is 0.238. The van der Waals surface area contributed by atoms with Crippen LogP contribution < -0.4 is 0 Å². The lowest BCUT2D eigenvalue weighted by molar-refractivity contribution is 0.306. The van der Waals surface area contributed by atoms with Gasteiger partial charge in [-0.15, -0.1) is 0 Å². The normalized spacial score (nSPS) is 15.6. The number of phenolic OH excluding ortho intramolecular Hbond substituents is 1. The molecule has 4 rings (SSSR count). The average Bonchev–Trinajstić information content (AvgIpc) is 3.09. The van der Waals surface area contributed by atoms with Crippen LogP contribution in [0.15, 0.2) is 60.8 Å². The van der Waals surface area contributed by atoms with Crippen molar-refractivity contribution in [3.63, 3.8) is 0 Å². The van der Waals surface area contributed by atoms with Crippen molar-refractivity contribution in [2.75, 3.05) is 19.6 Å². The van der Waals surface area contributed by atoms with Crippen LogP contribution in [0, 0.1) is 0 Å². The molecule has 0 aliphatic carbocycles. The Morgan fingerprint density at radius 2 is 1.96 bits per heavy atom. The van der Waals surface area contributed by atoms with Gasteiger partial charge < -0.3 is 10.1 Å². The second-order valence-electron chi connectivity index (χ2n) is 6.44. The van der Waals surface area contributed by atoms with Crippen molar-refractivity contribution in [3.05, 3.63) is 71.9 Å². The van der Waals surface area contributed by atoms with E-state index < -0.39 is 0 Å². The van der Waals surface area contributed by atoms with E-state index in [1.807, 2.05) is 12.3 Å². The molecule has 2 aromatic carbocycles. The van der Waals surface area contributed by atoms with Crippen molar-refractivity contribution in [1.82, 2.24) is 9.88 Å². The Labute approximate surface area is 142 Å². The van der Waals surface area contributed by atoms with Gasteiger partial charge in [-0.25, -0.2) is 0 Å². The first-order valence-corrected chi connectivity index (χ1v) is 8.55. The third-order valence-electron chi connectivity index (χ3n) is 4.87. The third-order valence-corrected chi connectivity index (χ3v) is 4.87. The Hall–Kier alpha value is -2.52. The van der Waals surface area contributed by atoms with Crippen LogP contribution in [-0.4, -0.2) is 34.6 Å². The van der Waals surface area contributed by atoms with Gasteiger partial charge in [-0.2, -0.15) is 0 Å². The minimum Gasteiger partial charge on any atom is -0.508 e. The first kappa shape index (κ1) is 15.0. The molecule has 0 saturated heterocycles. The van der Waals surface area contributed by atoms with Gasteiger partial charge >= 0.3 is 0 Å². The fourth-order valence-electron chi connectivity index (χ4n) is 3.54. The highest BCUT2D eigenvalue weighted by Crippen LogP contribution is 2.25. The number of benzene rings is 2. The molecule has 0 amide bonds. The molecule has 1 aliphatic heterocycles. The second-order valence-corrected chi connectivity index (χ2v) is 6.44. The van der Waals surface area contributed by atoms with Gasteiger partial charge in [0.15, 0.2) is 0 Å². The molecule has 2 N–H and O–H groups in total. The Morgan fingerprint density at radius 3 is 2.75 bits per heavy atom. The number of rotatable bonds is 4. The zero-order chi connectivity index (χ0) is 16.4. The summed E-state index contributed by atoms with van der Waals surface area (Å²) in [4.78, 5) is 5.66. The summed E-state index contributed by atoms with van der Waals surface area (Å²) in [6, 6.07) is 16.4. The molecule has 0 atom stereocenters. The summed E-state index contributed by atoms with van der Waals surface area (Å²) in [5.41, 5.74) is 5.02. The van der Waals surface area contributed by atoms with Gasteiger partial charge in [0.1, 0.15) is 5.75 Å². The van der Waals surface area contributed by atoms with Crippen LogP contribution in [-0.2, 0) is 6.42 Å². The monoisotopic (exact) mass is 318 g/mol. The van der Waals surface area contributed by atoms with E-state index in [4.69, 9.17) is 0 Å². The van der Waals surface area contributed by atoms with Gasteiger partial charge in [0.05, 0.1) is 0 Å². The highest BCUT2D eigenvalue weighted by Gasteiger charge is 2.13. The molecule has 0 fully saturated rings. The maximum absolute atomic E-state index is 9.88. The zero-order valence-electron chi connectivity index (χ0n) is 13.7. The number of aromatic nitrogens is 1. The Bertz CT molecular complexity index is 864. The van der Waals surface area contributed by atoms with E-state index in [1.165, 1.54) is 22.1 Å².